The molecule has 1 aromatic carbocycles. The second-order valence-corrected chi connectivity index (χ2v) is 8.48. The summed E-state index contributed by atoms with van der Waals surface area (Å²) in [5.74, 6) is 0.454. The molecule has 1 aromatic heterocycles. The molecule has 0 unspecified atom stereocenters. The molecule has 1 aliphatic carbocycles. The van der Waals surface area contributed by atoms with Crippen LogP contribution in [0.2, 0.25) is 0 Å². The Morgan fingerprint density at radius 1 is 1.16 bits per heavy atom. The lowest BCUT2D eigenvalue weighted by molar-refractivity contribution is -0.139. The summed E-state index contributed by atoms with van der Waals surface area (Å²) in [7, 11) is 0. The second-order valence-electron chi connectivity index (χ2n) is 8.48. The Balaban J connectivity index is 1.71. The molecule has 32 heavy (non-hydrogen) atoms. The Hall–Kier alpha value is -3.06. The van der Waals surface area contributed by atoms with Gasteiger partial charge in [-0.2, -0.15) is 0 Å². The minimum Gasteiger partial charge on any atom is -0.468 e. The molecule has 2 aromatic rings. The first-order chi connectivity index (χ1) is 15.5. The molecule has 7 heteroatoms. The van der Waals surface area contributed by atoms with E-state index in [0.29, 0.717) is 30.4 Å². The molecule has 2 N–H and O–H groups in total. The van der Waals surface area contributed by atoms with Crippen molar-refractivity contribution in [2.75, 3.05) is 13.2 Å². The molecule has 2 heterocycles. The van der Waals surface area contributed by atoms with Gasteiger partial charge in [0.2, 0.25) is 0 Å². The molecule has 1 saturated carbocycles. The molecule has 1 aliphatic heterocycles. The summed E-state index contributed by atoms with van der Waals surface area (Å²) >= 11 is 0. The van der Waals surface area contributed by atoms with E-state index in [9.17, 15) is 9.59 Å². The van der Waals surface area contributed by atoms with Crippen LogP contribution in [0, 0.1) is 6.92 Å². The number of aryl methyl sites for hydroxylation is 1. The number of carbonyl (C=O) groups excluding carboxylic acids is 2. The molecule has 1 atom stereocenters. The zero-order valence-electron chi connectivity index (χ0n) is 18.7. The highest BCUT2D eigenvalue weighted by Crippen LogP contribution is 2.31. The van der Waals surface area contributed by atoms with E-state index in [4.69, 9.17) is 9.15 Å². The van der Waals surface area contributed by atoms with Crippen LogP contribution >= 0.6 is 0 Å². The van der Waals surface area contributed by atoms with Gasteiger partial charge >= 0.3 is 12.0 Å². The van der Waals surface area contributed by atoms with Crippen molar-refractivity contribution in [1.82, 2.24) is 15.5 Å². The first kappa shape index (κ1) is 22.1. The summed E-state index contributed by atoms with van der Waals surface area (Å²) in [5.41, 5.74) is 3.01. The van der Waals surface area contributed by atoms with Crippen molar-refractivity contribution in [3.8, 4) is 0 Å². The SMILES string of the molecule is CCOC(=O)C1=C(CN(Cc2ccco2)C2CCCC2)NC(=O)N[C@@H]1c1ccc(C)cc1. The zero-order valence-corrected chi connectivity index (χ0v) is 18.7. The normalized spacial score (nSPS) is 19.2. The number of benzene rings is 1. The highest BCUT2D eigenvalue weighted by molar-refractivity contribution is 5.95. The molecule has 0 saturated heterocycles. The van der Waals surface area contributed by atoms with Crippen molar-refractivity contribution in [1.29, 1.82) is 0 Å². The van der Waals surface area contributed by atoms with Crippen molar-refractivity contribution >= 4 is 12.0 Å². The van der Waals surface area contributed by atoms with Gasteiger partial charge in [0.25, 0.3) is 0 Å². The second kappa shape index (κ2) is 10.0. The first-order valence-corrected chi connectivity index (χ1v) is 11.4. The summed E-state index contributed by atoms with van der Waals surface area (Å²) in [6, 6.07) is 11.2. The van der Waals surface area contributed by atoms with Crippen molar-refractivity contribution in [2.24, 2.45) is 0 Å². The third kappa shape index (κ3) is 5.05. The molecule has 2 aliphatic rings. The van der Waals surface area contributed by atoms with E-state index < -0.39 is 12.0 Å². The smallest absolute Gasteiger partial charge is 0.338 e. The van der Waals surface area contributed by atoms with Crippen LogP contribution in [-0.2, 0) is 16.1 Å². The first-order valence-electron chi connectivity index (χ1n) is 11.4. The summed E-state index contributed by atoms with van der Waals surface area (Å²) in [5, 5.41) is 5.82. The maximum Gasteiger partial charge on any atom is 0.338 e. The van der Waals surface area contributed by atoms with Crippen LogP contribution in [0.3, 0.4) is 0 Å². The highest BCUT2D eigenvalue weighted by atomic mass is 16.5. The molecule has 170 valence electrons. The molecule has 0 radical (unpaired) electrons. The summed E-state index contributed by atoms with van der Waals surface area (Å²) in [6.07, 6.45) is 6.23. The topological polar surface area (TPSA) is 83.8 Å². The number of rotatable bonds is 8. The average Bonchev–Trinajstić information content (AvgIpc) is 3.48. The van der Waals surface area contributed by atoms with E-state index in [1.54, 1.807) is 13.2 Å². The number of hydrogen-bond donors (Lipinski definition) is 2. The number of nitrogens with zero attached hydrogens (tertiary/aromatic N) is 1. The van der Waals surface area contributed by atoms with Gasteiger partial charge in [0.1, 0.15) is 5.76 Å². The Kier molecular flexibility index (Phi) is 6.95. The van der Waals surface area contributed by atoms with Crippen LogP contribution in [0.1, 0.15) is 55.5 Å². The third-order valence-corrected chi connectivity index (χ3v) is 6.20. The summed E-state index contributed by atoms with van der Waals surface area (Å²) in [4.78, 5) is 28.0. The van der Waals surface area contributed by atoms with E-state index in [0.717, 1.165) is 29.7 Å². The van der Waals surface area contributed by atoms with Gasteiger partial charge in [0, 0.05) is 18.3 Å². The third-order valence-electron chi connectivity index (χ3n) is 6.20. The molecular weight excluding hydrogens is 406 g/mol. The predicted molar refractivity (Wildman–Crippen MR) is 121 cm³/mol. The number of ether oxygens (including phenoxy) is 1. The van der Waals surface area contributed by atoms with E-state index in [2.05, 4.69) is 15.5 Å². The fourth-order valence-corrected chi connectivity index (χ4v) is 4.59. The minimum absolute atomic E-state index is 0.267. The molecule has 4 rings (SSSR count). The standard InChI is InChI=1S/C25H31N3O4/c1-3-31-24(29)22-21(26-25(30)27-23(22)18-12-10-17(2)11-13-18)16-28(19-7-4-5-8-19)15-20-9-6-14-32-20/h6,9-14,19,23H,3-5,7-8,15-16H2,1-2H3,(H2,26,27,30)/t23-/m1/s1. The molecule has 7 nitrogen and oxygen atoms in total. The van der Waals surface area contributed by atoms with Gasteiger partial charge in [-0.3, -0.25) is 4.90 Å². The monoisotopic (exact) mass is 437 g/mol. The van der Waals surface area contributed by atoms with Gasteiger partial charge < -0.3 is 19.8 Å². The van der Waals surface area contributed by atoms with Crippen LogP contribution in [0.4, 0.5) is 4.79 Å². The van der Waals surface area contributed by atoms with Crippen LogP contribution in [0.15, 0.2) is 58.3 Å². The molecule has 1 fully saturated rings. The van der Waals surface area contributed by atoms with Gasteiger partial charge in [-0.25, -0.2) is 9.59 Å². The largest absolute Gasteiger partial charge is 0.468 e. The lowest BCUT2D eigenvalue weighted by Crippen LogP contribution is -2.49. The molecule has 0 bridgehead atoms. The average molecular weight is 438 g/mol. The fourth-order valence-electron chi connectivity index (χ4n) is 4.59. The summed E-state index contributed by atoms with van der Waals surface area (Å²) < 4.78 is 11.0. The molecule has 2 amide bonds. The van der Waals surface area contributed by atoms with Crippen LogP contribution in [0.25, 0.3) is 0 Å². The van der Waals surface area contributed by atoms with Gasteiger partial charge in [0.15, 0.2) is 0 Å². The zero-order chi connectivity index (χ0) is 22.5. The highest BCUT2D eigenvalue weighted by Gasteiger charge is 2.35. The van der Waals surface area contributed by atoms with E-state index >= 15 is 0 Å². The van der Waals surface area contributed by atoms with E-state index in [1.165, 1.54) is 12.8 Å². The maximum absolute atomic E-state index is 13.1. The van der Waals surface area contributed by atoms with Crippen LogP contribution in [-0.4, -0.2) is 36.1 Å². The lowest BCUT2D eigenvalue weighted by Gasteiger charge is -2.34. The predicted octanol–water partition coefficient (Wildman–Crippen LogP) is 4.20. The number of urea groups is 1. The Bertz CT molecular complexity index is 960. The van der Waals surface area contributed by atoms with Gasteiger partial charge in [0.05, 0.1) is 31.0 Å². The molecule has 0 spiro atoms. The minimum atomic E-state index is -0.563. The quantitative estimate of drug-likeness (QED) is 0.605. The van der Waals surface area contributed by atoms with Crippen molar-refractivity contribution in [3.63, 3.8) is 0 Å². The number of carbonyl (C=O) groups is 2. The van der Waals surface area contributed by atoms with Gasteiger partial charge in [-0.1, -0.05) is 42.7 Å². The van der Waals surface area contributed by atoms with E-state index in [1.807, 2.05) is 43.3 Å². The lowest BCUT2D eigenvalue weighted by atomic mass is 9.94. The van der Waals surface area contributed by atoms with Crippen molar-refractivity contribution < 1.29 is 18.7 Å². The number of esters is 1. The number of nitrogens with one attached hydrogen (secondary N) is 2. The maximum atomic E-state index is 13.1. The van der Waals surface area contributed by atoms with E-state index in [-0.39, 0.29) is 12.6 Å². The number of furan rings is 1. The van der Waals surface area contributed by atoms with Crippen molar-refractivity contribution in [3.05, 3.63) is 70.8 Å². The number of amides is 2. The van der Waals surface area contributed by atoms with Crippen LogP contribution in [0.5, 0.6) is 0 Å². The fraction of sp³-hybridized carbons (Fsp3) is 0.440. The van der Waals surface area contributed by atoms with Gasteiger partial charge in [-0.15, -0.1) is 0 Å². The summed E-state index contributed by atoms with van der Waals surface area (Å²) in [6.45, 7) is 5.12. The Morgan fingerprint density at radius 2 is 1.91 bits per heavy atom. The molecular formula is C25H31N3O4. The van der Waals surface area contributed by atoms with Crippen molar-refractivity contribution in [2.45, 2.75) is 58.2 Å². The Labute approximate surface area is 188 Å². The van der Waals surface area contributed by atoms with Gasteiger partial charge in [-0.05, 0) is 44.4 Å². The van der Waals surface area contributed by atoms with Crippen LogP contribution < -0.4 is 10.6 Å². The Morgan fingerprint density at radius 3 is 2.56 bits per heavy atom. The number of hydrogen-bond acceptors (Lipinski definition) is 5.